The number of hydrogen-bond acceptors (Lipinski definition) is 4. The van der Waals surface area contributed by atoms with Crippen molar-refractivity contribution in [1.29, 1.82) is 0 Å². The normalized spacial score (nSPS) is 13.5. The third-order valence-corrected chi connectivity index (χ3v) is 5.42. The molecule has 0 unspecified atom stereocenters. The third-order valence-electron chi connectivity index (χ3n) is 4.86. The van der Waals surface area contributed by atoms with Gasteiger partial charge in [0.1, 0.15) is 11.3 Å². The molecular weight excluding hydrogens is 443 g/mol. The Kier molecular flexibility index (Phi) is 6.06. The van der Waals surface area contributed by atoms with Crippen LogP contribution in [0.4, 0.5) is 0 Å². The zero-order chi connectivity index (χ0) is 23.0. The Morgan fingerprint density at radius 2 is 1.35 bits per heavy atom. The van der Waals surface area contributed by atoms with E-state index in [2.05, 4.69) is 0 Å². The van der Waals surface area contributed by atoms with Gasteiger partial charge in [-0.15, -0.1) is 0 Å². The number of aromatic carboxylic acids is 2. The first-order chi connectivity index (χ1) is 14.5. The average molecular weight is 459 g/mol. The molecular formula is C23H16Cl2O6. The number of carboxylic acids is 2. The number of carboxylic acid groups (broad SMARTS) is 2. The largest absolute Gasteiger partial charge is 0.507 e. The van der Waals surface area contributed by atoms with Crippen molar-refractivity contribution in [2.24, 2.45) is 0 Å². The fraction of sp³-hybridized carbons (Fsp3) is 0.0870. The Balaban J connectivity index is 2.42. The number of phenols is 1. The number of benzene rings is 2. The van der Waals surface area contributed by atoms with Gasteiger partial charge in [0, 0.05) is 0 Å². The number of halogens is 2. The highest BCUT2D eigenvalue weighted by molar-refractivity contribution is 6.55. The molecule has 3 N–H and O–H groups in total. The van der Waals surface area contributed by atoms with Crippen LogP contribution < -0.4 is 0 Å². The molecule has 0 amide bonds. The summed E-state index contributed by atoms with van der Waals surface area (Å²) in [4.78, 5) is 35.3. The SMILES string of the molecule is Cc1ccc(C(=C2C=C(Cl)C(=O)C(Cl)=C2)c2cc(C)c(O)c(C(=O)O)c2)cc1C(=O)O. The van der Waals surface area contributed by atoms with Crippen LogP contribution in [0, 0.1) is 13.8 Å². The van der Waals surface area contributed by atoms with Crippen LogP contribution >= 0.6 is 23.2 Å². The van der Waals surface area contributed by atoms with Gasteiger partial charge in [-0.2, -0.15) is 0 Å². The highest BCUT2D eigenvalue weighted by atomic mass is 35.5. The van der Waals surface area contributed by atoms with Gasteiger partial charge in [0.15, 0.2) is 0 Å². The molecule has 2 aromatic carbocycles. The first-order valence-electron chi connectivity index (χ1n) is 8.96. The number of carbonyl (C=O) groups is 3. The maximum Gasteiger partial charge on any atom is 0.339 e. The van der Waals surface area contributed by atoms with Crippen molar-refractivity contribution in [3.05, 3.63) is 91.5 Å². The van der Waals surface area contributed by atoms with Gasteiger partial charge in [0.2, 0.25) is 5.78 Å². The van der Waals surface area contributed by atoms with E-state index in [4.69, 9.17) is 23.2 Å². The van der Waals surface area contributed by atoms with Crippen LogP contribution in [-0.4, -0.2) is 33.0 Å². The highest BCUT2D eigenvalue weighted by Crippen LogP contribution is 2.37. The maximum absolute atomic E-state index is 12.0. The topological polar surface area (TPSA) is 112 Å². The lowest BCUT2D eigenvalue weighted by atomic mass is 9.87. The van der Waals surface area contributed by atoms with Gasteiger partial charge in [-0.25, -0.2) is 9.59 Å². The lowest BCUT2D eigenvalue weighted by molar-refractivity contribution is -0.111. The minimum atomic E-state index is -1.33. The molecule has 0 radical (unpaired) electrons. The molecule has 0 heterocycles. The Morgan fingerprint density at radius 1 is 0.806 bits per heavy atom. The second-order valence-electron chi connectivity index (χ2n) is 6.97. The van der Waals surface area contributed by atoms with Crippen molar-refractivity contribution >= 4 is 46.5 Å². The Morgan fingerprint density at radius 3 is 1.90 bits per heavy atom. The fourth-order valence-corrected chi connectivity index (χ4v) is 3.79. The van der Waals surface area contributed by atoms with Crippen molar-refractivity contribution in [2.45, 2.75) is 13.8 Å². The number of hydrogen-bond donors (Lipinski definition) is 3. The first kappa shape index (κ1) is 22.3. The minimum absolute atomic E-state index is 0.0570. The summed E-state index contributed by atoms with van der Waals surface area (Å²) in [5, 5.41) is 28.9. The van der Waals surface area contributed by atoms with E-state index in [0.717, 1.165) is 0 Å². The Labute approximate surface area is 187 Å². The van der Waals surface area contributed by atoms with Crippen LogP contribution in [0.3, 0.4) is 0 Å². The summed E-state index contributed by atoms with van der Waals surface area (Å²) in [5.41, 5.74) is 2.17. The van der Waals surface area contributed by atoms with Crippen LogP contribution in [0.2, 0.25) is 0 Å². The highest BCUT2D eigenvalue weighted by Gasteiger charge is 2.23. The number of aromatic hydroxyl groups is 1. The Hall–Kier alpha value is -3.35. The van der Waals surface area contributed by atoms with Crippen LogP contribution in [0.5, 0.6) is 5.75 Å². The van der Waals surface area contributed by atoms with Gasteiger partial charge >= 0.3 is 11.9 Å². The van der Waals surface area contributed by atoms with Gasteiger partial charge in [-0.3, -0.25) is 4.79 Å². The molecule has 158 valence electrons. The predicted octanol–water partition coefficient (Wildman–Crippen LogP) is 5.04. The van der Waals surface area contributed by atoms with Gasteiger partial charge < -0.3 is 15.3 Å². The van der Waals surface area contributed by atoms with Crippen molar-refractivity contribution in [2.75, 3.05) is 0 Å². The summed E-state index contributed by atoms with van der Waals surface area (Å²) in [6, 6.07) is 7.57. The maximum atomic E-state index is 12.0. The summed E-state index contributed by atoms with van der Waals surface area (Å²) in [5.74, 6) is -3.40. The van der Waals surface area contributed by atoms with E-state index >= 15 is 0 Å². The monoisotopic (exact) mass is 458 g/mol. The van der Waals surface area contributed by atoms with Crippen molar-refractivity contribution in [1.82, 2.24) is 0 Å². The van der Waals surface area contributed by atoms with Gasteiger partial charge in [-0.1, -0.05) is 35.3 Å². The second-order valence-corrected chi connectivity index (χ2v) is 7.79. The minimum Gasteiger partial charge on any atom is -0.507 e. The quantitative estimate of drug-likeness (QED) is 0.591. The van der Waals surface area contributed by atoms with Gasteiger partial charge in [0.25, 0.3) is 0 Å². The van der Waals surface area contributed by atoms with E-state index < -0.39 is 17.7 Å². The number of aryl methyl sites for hydroxylation is 2. The molecule has 6 nitrogen and oxygen atoms in total. The van der Waals surface area contributed by atoms with E-state index in [1.54, 1.807) is 32.0 Å². The van der Waals surface area contributed by atoms with Crippen LogP contribution in [0.25, 0.3) is 5.57 Å². The summed E-state index contributed by atoms with van der Waals surface area (Å²) in [6.45, 7) is 3.20. The van der Waals surface area contributed by atoms with Crippen molar-refractivity contribution < 1.29 is 29.7 Å². The standard InChI is InChI=1S/C23H16Cl2O6/c1-10-3-4-12(6-15(10)22(28)29)19(14-8-17(24)21(27)18(25)9-14)13-5-11(2)20(26)16(7-13)23(30)31/h3-9,26H,1-2H3,(H,28,29)(H,30,31). The molecule has 1 aliphatic carbocycles. The Bertz CT molecular complexity index is 1230. The molecule has 0 aliphatic heterocycles. The molecule has 0 saturated carbocycles. The van der Waals surface area contributed by atoms with E-state index in [-0.39, 0.29) is 26.9 Å². The smallest absolute Gasteiger partial charge is 0.339 e. The summed E-state index contributed by atoms with van der Waals surface area (Å²) in [7, 11) is 0. The lowest BCUT2D eigenvalue weighted by Gasteiger charge is -2.18. The third kappa shape index (κ3) is 4.26. The fourth-order valence-electron chi connectivity index (χ4n) is 3.30. The van der Waals surface area contributed by atoms with Crippen molar-refractivity contribution in [3.8, 4) is 5.75 Å². The van der Waals surface area contributed by atoms with Crippen molar-refractivity contribution in [3.63, 3.8) is 0 Å². The van der Waals surface area contributed by atoms with E-state index in [0.29, 0.717) is 33.4 Å². The van der Waals surface area contributed by atoms with E-state index in [1.807, 2.05) is 0 Å². The average Bonchev–Trinajstić information content (AvgIpc) is 2.69. The zero-order valence-corrected chi connectivity index (χ0v) is 17.9. The van der Waals surface area contributed by atoms with Crippen LogP contribution in [-0.2, 0) is 4.79 Å². The second kappa shape index (κ2) is 8.41. The van der Waals surface area contributed by atoms with Gasteiger partial charge in [-0.05, 0) is 77.6 Å². The molecule has 1 aliphatic rings. The summed E-state index contributed by atoms with van der Waals surface area (Å²) < 4.78 is 0. The summed E-state index contributed by atoms with van der Waals surface area (Å²) >= 11 is 12.1. The van der Waals surface area contributed by atoms with E-state index in [1.165, 1.54) is 24.3 Å². The van der Waals surface area contributed by atoms with E-state index in [9.17, 15) is 29.7 Å². The van der Waals surface area contributed by atoms with Gasteiger partial charge in [0.05, 0.1) is 15.6 Å². The molecule has 2 aromatic rings. The molecule has 8 heteroatoms. The number of Topliss-reactive ketones (excluding diaryl/α,β-unsaturated/α-hetero) is 1. The molecule has 0 saturated heterocycles. The molecule has 3 rings (SSSR count). The number of allylic oxidation sites excluding steroid dienone is 5. The molecule has 0 spiro atoms. The molecule has 0 atom stereocenters. The molecule has 0 bridgehead atoms. The number of rotatable bonds is 4. The number of carbonyl (C=O) groups excluding carboxylic acids is 1. The lowest BCUT2D eigenvalue weighted by Crippen LogP contribution is -2.07. The number of ketones is 1. The van der Waals surface area contributed by atoms with Crippen LogP contribution in [0.1, 0.15) is 43.0 Å². The molecule has 0 fully saturated rings. The summed E-state index contributed by atoms with van der Waals surface area (Å²) in [6.07, 6.45) is 2.77. The zero-order valence-electron chi connectivity index (χ0n) is 16.4. The predicted molar refractivity (Wildman–Crippen MR) is 117 cm³/mol. The molecule has 31 heavy (non-hydrogen) atoms. The first-order valence-corrected chi connectivity index (χ1v) is 9.71. The molecule has 0 aromatic heterocycles. The van der Waals surface area contributed by atoms with Crippen LogP contribution in [0.15, 0.2) is 58.1 Å².